The molecule has 0 radical (unpaired) electrons. The number of carbonyl (C=O) groups is 2. The summed E-state index contributed by atoms with van der Waals surface area (Å²) in [6.45, 7) is 4.91. The molecule has 0 fully saturated rings. The molecule has 0 rings (SSSR count). The lowest BCUT2D eigenvalue weighted by Crippen LogP contribution is -2.45. The lowest BCUT2D eigenvalue weighted by Gasteiger charge is -2.22. The Labute approximate surface area is 417 Å². The fourth-order valence-corrected chi connectivity index (χ4v) is 9.08. The summed E-state index contributed by atoms with van der Waals surface area (Å²) in [5.41, 5.74) is 0. The quantitative estimate of drug-likeness (QED) is 0.0321. The first-order valence-electron chi connectivity index (χ1n) is 29.7. The van der Waals surface area contributed by atoms with E-state index in [1.807, 2.05) is 0 Å². The molecule has 3 N–H and O–H groups in total. The average molecular weight is 943 g/mol. The molecule has 0 aliphatic heterocycles. The number of amides is 1. The molecule has 0 bridgehead atoms. The van der Waals surface area contributed by atoms with Gasteiger partial charge < -0.3 is 20.3 Å². The Morgan fingerprint density at radius 3 is 1.15 bits per heavy atom. The number of allylic oxidation sites excluding steroid dienone is 6. The van der Waals surface area contributed by atoms with Crippen LogP contribution >= 0.6 is 0 Å². The SMILES string of the molecule is CCCCCCCCC/C=C\CCCCCCCC(=O)OCCCCC/C=C\C/C=C\CCCCCCCCCC(=O)NC(CO)C(O)CCCCCCCCCCCCCCCCCCC. The van der Waals surface area contributed by atoms with Crippen molar-refractivity contribution >= 4 is 11.9 Å². The van der Waals surface area contributed by atoms with Crippen molar-refractivity contribution in [1.29, 1.82) is 0 Å². The van der Waals surface area contributed by atoms with Gasteiger partial charge >= 0.3 is 5.97 Å². The van der Waals surface area contributed by atoms with Gasteiger partial charge in [-0.05, 0) is 89.9 Å². The van der Waals surface area contributed by atoms with Crippen molar-refractivity contribution in [3.63, 3.8) is 0 Å². The van der Waals surface area contributed by atoms with Crippen LogP contribution in [-0.4, -0.2) is 47.4 Å². The average Bonchev–Trinajstić information content (AvgIpc) is 3.33. The van der Waals surface area contributed by atoms with E-state index in [4.69, 9.17) is 4.74 Å². The van der Waals surface area contributed by atoms with Gasteiger partial charge in [-0.25, -0.2) is 0 Å². The van der Waals surface area contributed by atoms with Crippen LogP contribution in [-0.2, 0) is 14.3 Å². The summed E-state index contributed by atoms with van der Waals surface area (Å²) < 4.78 is 5.45. The molecule has 394 valence electrons. The summed E-state index contributed by atoms with van der Waals surface area (Å²) in [5.74, 6) is -0.0726. The van der Waals surface area contributed by atoms with Crippen LogP contribution in [0.5, 0.6) is 0 Å². The lowest BCUT2D eigenvalue weighted by atomic mass is 10.0. The highest BCUT2D eigenvalue weighted by atomic mass is 16.5. The lowest BCUT2D eigenvalue weighted by molar-refractivity contribution is -0.143. The van der Waals surface area contributed by atoms with Crippen molar-refractivity contribution in [3.05, 3.63) is 36.5 Å². The minimum absolute atomic E-state index is 0.0227. The third kappa shape index (κ3) is 53.3. The fraction of sp³-hybridized carbons (Fsp3) is 0.869. The van der Waals surface area contributed by atoms with Crippen molar-refractivity contribution in [2.75, 3.05) is 13.2 Å². The molecule has 6 heteroatoms. The molecular formula is C61H115NO5. The summed E-state index contributed by atoms with van der Waals surface area (Å²) in [5, 5.41) is 23.3. The van der Waals surface area contributed by atoms with Crippen LogP contribution in [0, 0.1) is 0 Å². The fourth-order valence-electron chi connectivity index (χ4n) is 9.08. The summed E-state index contributed by atoms with van der Waals surface area (Å²) in [4.78, 5) is 24.5. The van der Waals surface area contributed by atoms with Gasteiger partial charge in [0.05, 0.1) is 25.4 Å². The largest absolute Gasteiger partial charge is 0.466 e. The number of aliphatic hydroxyl groups excluding tert-OH is 2. The molecular weight excluding hydrogens is 827 g/mol. The van der Waals surface area contributed by atoms with Crippen molar-refractivity contribution < 1.29 is 24.5 Å². The molecule has 0 aliphatic carbocycles. The van der Waals surface area contributed by atoms with E-state index in [2.05, 4.69) is 55.6 Å². The number of nitrogens with one attached hydrogen (secondary N) is 1. The van der Waals surface area contributed by atoms with Gasteiger partial charge in [0.2, 0.25) is 5.91 Å². The Morgan fingerprint density at radius 1 is 0.418 bits per heavy atom. The second-order valence-corrected chi connectivity index (χ2v) is 20.3. The normalized spacial score (nSPS) is 12.8. The Kier molecular flexibility index (Phi) is 55.0. The number of aliphatic hydroxyl groups is 2. The molecule has 0 saturated carbocycles. The van der Waals surface area contributed by atoms with Crippen molar-refractivity contribution in [3.8, 4) is 0 Å². The second kappa shape index (κ2) is 56.7. The predicted octanol–water partition coefficient (Wildman–Crippen LogP) is 18.4. The summed E-state index contributed by atoms with van der Waals surface area (Å²) in [7, 11) is 0. The third-order valence-electron chi connectivity index (χ3n) is 13.7. The van der Waals surface area contributed by atoms with Gasteiger partial charge in [-0.1, -0.05) is 249 Å². The van der Waals surface area contributed by atoms with Gasteiger partial charge in [0.25, 0.3) is 0 Å². The standard InChI is InChI=1S/C61H115NO5/c1-3-5-7-9-11-13-15-17-19-22-25-29-33-37-41-45-49-53-59(64)58(57-63)62-60(65)54-50-46-42-38-34-30-26-23-21-24-28-32-36-40-44-48-52-56-67-61(66)55-51-47-43-39-35-31-27-20-18-16-14-12-10-8-6-4-2/h20-21,24,27,32,36,58-59,63-64H,3-19,22-23,25-26,28-31,33-35,37-57H2,1-2H3,(H,62,65)/b24-21-,27-20-,36-32-. The molecule has 0 aliphatic rings. The molecule has 0 aromatic rings. The Bertz CT molecular complexity index is 1090. The molecule has 0 aromatic heterocycles. The number of hydrogen-bond donors (Lipinski definition) is 3. The second-order valence-electron chi connectivity index (χ2n) is 20.3. The van der Waals surface area contributed by atoms with Gasteiger partial charge in [-0.3, -0.25) is 9.59 Å². The van der Waals surface area contributed by atoms with E-state index in [0.29, 0.717) is 25.9 Å². The zero-order valence-corrected chi connectivity index (χ0v) is 44.9. The molecule has 6 nitrogen and oxygen atoms in total. The molecule has 67 heavy (non-hydrogen) atoms. The minimum atomic E-state index is -0.676. The number of ether oxygens (including phenoxy) is 1. The molecule has 2 unspecified atom stereocenters. The number of hydrogen-bond acceptors (Lipinski definition) is 5. The Balaban J connectivity index is 3.50. The first-order valence-corrected chi connectivity index (χ1v) is 29.7. The first-order chi connectivity index (χ1) is 33.0. The highest BCUT2D eigenvalue weighted by molar-refractivity contribution is 5.76. The van der Waals surface area contributed by atoms with Gasteiger partial charge in [0.15, 0.2) is 0 Å². The van der Waals surface area contributed by atoms with Gasteiger partial charge in [-0.15, -0.1) is 0 Å². The molecule has 0 aromatic carbocycles. The zero-order chi connectivity index (χ0) is 48.6. The monoisotopic (exact) mass is 942 g/mol. The van der Waals surface area contributed by atoms with Crippen molar-refractivity contribution in [2.24, 2.45) is 0 Å². The Morgan fingerprint density at radius 2 is 0.746 bits per heavy atom. The minimum Gasteiger partial charge on any atom is -0.466 e. The zero-order valence-electron chi connectivity index (χ0n) is 44.9. The number of esters is 1. The van der Waals surface area contributed by atoms with E-state index < -0.39 is 12.1 Å². The van der Waals surface area contributed by atoms with Crippen molar-refractivity contribution in [1.82, 2.24) is 5.32 Å². The van der Waals surface area contributed by atoms with Crippen LogP contribution in [0.25, 0.3) is 0 Å². The Hall–Kier alpha value is -1.92. The summed E-state index contributed by atoms with van der Waals surface area (Å²) >= 11 is 0. The van der Waals surface area contributed by atoms with E-state index in [9.17, 15) is 19.8 Å². The van der Waals surface area contributed by atoms with Crippen LogP contribution in [0.4, 0.5) is 0 Å². The van der Waals surface area contributed by atoms with E-state index >= 15 is 0 Å². The van der Waals surface area contributed by atoms with Crippen LogP contribution in [0.15, 0.2) is 36.5 Å². The van der Waals surface area contributed by atoms with Gasteiger partial charge in [-0.2, -0.15) is 0 Å². The maximum Gasteiger partial charge on any atom is 0.305 e. The van der Waals surface area contributed by atoms with E-state index in [1.165, 1.54) is 199 Å². The molecule has 2 atom stereocenters. The van der Waals surface area contributed by atoms with Crippen LogP contribution in [0.3, 0.4) is 0 Å². The third-order valence-corrected chi connectivity index (χ3v) is 13.7. The highest BCUT2D eigenvalue weighted by Gasteiger charge is 2.20. The molecule has 1 amide bonds. The number of unbranched alkanes of at least 4 members (excludes halogenated alkanes) is 38. The number of carbonyl (C=O) groups excluding carboxylic acids is 2. The van der Waals surface area contributed by atoms with Crippen LogP contribution in [0.1, 0.15) is 316 Å². The van der Waals surface area contributed by atoms with Gasteiger partial charge in [0.1, 0.15) is 0 Å². The number of rotatable bonds is 55. The maximum absolute atomic E-state index is 12.5. The molecule has 0 heterocycles. The predicted molar refractivity (Wildman–Crippen MR) is 292 cm³/mol. The summed E-state index contributed by atoms with van der Waals surface area (Å²) in [6, 6.07) is -0.554. The topological polar surface area (TPSA) is 95.9 Å². The highest BCUT2D eigenvalue weighted by Crippen LogP contribution is 2.17. The first kappa shape index (κ1) is 65.1. The van der Waals surface area contributed by atoms with E-state index in [0.717, 1.165) is 83.5 Å². The smallest absolute Gasteiger partial charge is 0.305 e. The maximum atomic E-state index is 12.5. The molecule has 0 spiro atoms. The van der Waals surface area contributed by atoms with Crippen LogP contribution in [0.2, 0.25) is 0 Å². The molecule has 0 saturated heterocycles. The summed E-state index contributed by atoms with van der Waals surface area (Å²) in [6.07, 6.45) is 69.9. The van der Waals surface area contributed by atoms with E-state index in [1.54, 1.807) is 0 Å². The van der Waals surface area contributed by atoms with Crippen molar-refractivity contribution in [2.45, 2.75) is 328 Å². The van der Waals surface area contributed by atoms with Crippen LogP contribution < -0.4 is 5.32 Å². The van der Waals surface area contributed by atoms with Gasteiger partial charge in [0, 0.05) is 12.8 Å². The van der Waals surface area contributed by atoms with E-state index in [-0.39, 0.29) is 18.5 Å².